The predicted octanol–water partition coefficient (Wildman–Crippen LogP) is -2.45. The zero-order valence-electron chi connectivity index (χ0n) is 4.60. The Hall–Kier alpha value is 0.970. The van der Waals surface area contributed by atoms with E-state index in [1.54, 1.807) is 0 Å². The summed E-state index contributed by atoms with van der Waals surface area (Å²) in [6, 6.07) is 0. The van der Waals surface area contributed by atoms with Gasteiger partial charge in [0.25, 0.3) is 0 Å². The van der Waals surface area contributed by atoms with Crippen molar-refractivity contribution in [3.8, 4) is 0 Å². The minimum atomic E-state index is -3.12. The second kappa shape index (κ2) is 5.11. The molecule has 0 aromatic rings. The van der Waals surface area contributed by atoms with Gasteiger partial charge in [-0.15, -0.1) is 0 Å². The van der Waals surface area contributed by atoms with Crippen molar-refractivity contribution < 1.29 is 48.5 Å². The monoisotopic (exact) mass is 140 g/mol. The average Bonchev–Trinajstić information content (AvgIpc) is 1.36. The third-order valence-corrected chi connectivity index (χ3v) is 0.457. The maximum atomic E-state index is 10.6. The number of halogens is 2. The first-order valence-corrected chi connectivity index (χ1v) is 2.19. The maximum Gasteiger partial charge on any atom is 1.00 e. The summed E-state index contributed by atoms with van der Waals surface area (Å²) in [6.07, 6.45) is 0. The van der Waals surface area contributed by atoms with Gasteiger partial charge in [0.2, 0.25) is 11.1 Å². The van der Waals surface area contributed by atoms with E-state index in [2.05, 4.69) is 0 Å². The van der Waals surface area contributed by atoms with Gasteiger partial charge in [0, 0.05) is 0 Å². The molecule has 0 aromatic carbocycles. The Morgan fingerprint density at radius 3 is 1.86 bits per heavy atom. The van der Waals surface area contributed by atoms with E-state index < -0.39 is 16.8 Å². The summed E-state index contributed by atoms with van der Waals surface area (Å²) in [4.78, 5) is 0. The van der Waals surface area contributed by atoms with Crippen LogP contribution in [0.3, 0.4) is 0 Å². The Bertz CT molecular complexity index is 71.1. The molecule has 0 spiro atoms. The molecule has 0 heterocycles. The van der Waals surface area contributed by atoms with Gasteiger partial charge in [-0.3, -0.25) is 0 Å². The molecule has 1 atom stereocenters. The van der Waals surface area contributed by atoms with Gasteiger partial charge in [0.05, 0.1) is 0 Å². The summed E-state index contributed by atoms with van der Waals surface area (Å²) < 4.78 is 37.6. The van der Waals surface area contributed by atoms with Gasteiger partial charge in [-0.2, -0.15) is 8.78 Å². The Morgan fingerprint density at radius 1 is 1.71 bits per heavy atom. The second-order valence-corrected chi connectivity index (χ2v) is 1.45. The van der Waals surface area contributed by atoms with Crippen molar-refractivity contribution in [1.82, 2.24) is 0 Å². The Labute approximate surface area is 65.3 Å². The van der Waals surface area contributed by atoms with Crippen LogP contribution in [0, 0.1) is 0 Å². The maximum absolute atomic E-state index is 10.6. The molecule has 0 aliphatic rings. The van der Waals surface area contributed by atoms with E-state index in [0.29, 0.717) is 0 Å². The normalized spacial score (nSPS) is 13.1. The number of hydrogen-bond donors (Lipinski definition) is 1. The van der Waals surface area contributed by atoms with Gasteiger partial charge < -0.3 is 5.98 Å². The molecule has 1 unspecified atom stereocenters. The van der Waals surface area contributed by atoms with Crippen molar-refractivity contribution in [2.45, 2.75) is 5.76 Å². The van der Waals surface area contributed by atoms with Crippen molar-refractivity contribution in [2.24, 2.45) is 0 Å². The second-order valence-electron chi connectivity index (χ2n) is 0.537. The first-order valence-electron chi connectivity index (χ1n) is 1.02. The van der Waals surface area contributed by atoms with Gasteiger partial charge in [0.15, 0.2) is 0 Å². The van der Waals surface area contributed by atoms with Gasteiger partial charge in [-0.05, 0) is 0 Å². The molecule has 0 fully saturated rings. The van der Waals surface area contributed by atoms with Crippen LogP contribution in [0.4, 0.5) is 8.78 Å². The molecule has 0 bridgehead atoms. The molecule has 1 N–H and O–H groups in total. The number of rotatable bonds is 1. The quantitative estimate of drug-likeness (QED) is 0.324. The van der Waals surface area contributed by atoms with E-state index in [1.165, 1.54) is 0 Å². The molecule has 7 heavy (non-hydrogen) atoms. The molecule has 2 nitrogen and oxygen atoms in total. The molecule has 0 radical (unpaired) electrons. The topological polar surface area (TPSA) is 37.3 Å². The van der Waals surface area contributed by atoms with E-state index in [9.17, 15) is 8.78 Å². The van der Waals surface area contributed by atoms with Gasteiger partial charge in [-0.1, -0.05) is 0 Å². The van der Waals surface area contributed by atoms with Crippen molar-refractivity contribution in [3.63, 3.8) is 0 Å². The van der Waals surface area contributed by atoms with E-state index in [-0.39, 0.29) is 31.0 Å². The van der Waals surface area contributed by atoms with Crippen molar-refractivity contribution in [3.05, 3.63) is 0 Å². The van der Waals surface area contributed by atoms with E-state index in [1.807, 2.05) is 0 Å². The SMILES string of the molecule is O=S(O)C(F)F.[H-].[Na+]. The molecular formula is CH3F2NaO2S. The van der Waals surface area contributed by atoms with Crippen molar-refractivity contribution in [2.75, 3.05) is 0 Å². The Balaban J connectivity index is -0.000000125. The van der Waals surface area contributed by atoms with Crippen LogP contribution in [-0.4, -0.2) is 14.5 Å². The van der Waals surface area contributed by atoms with E-state index in [0.717, 1.165) is 0 Å². The van der Waals surface area contributed by atoms with Crippen LogP contribution in [-0.2, 0) is 11.1 Å². The smallest absolute Gasteiger partial charge is 1.00 e. The van der Waals surface area contributed by atoms with E-state index >= 15 is 0 Å². The van der Waals surface area contributed by atoms with Crippen LogP contribution in [0.15, 0.2) is 0 Å². The molecular weight excluding hydrogens is 137 g/mol. The van der Waals surface area contributed by atoms with Gasteiger partial charge in [-0.25, -0.2) is 4.21 Å². The van der Waals surface area contributed by atoms with Crippen LogP contribution >= 0.6 is 0 Å². The first-order chi connectivity index (χ1) is 2.64. The first kappa shape index (κ1) is 10.9. The van der Waals surface area contributed by atoms with Gasteiger partial charge >= 0.3 is 35.3 Å². The summed E-state index contributed by atoms with van der Waals surface area (Å²) >= 11 is -2.95. The molecule has 0 aromatic heterocycles. The number of hydrogen-bond acceptors (Lipinski definition) is 1. The summed E-state index contributed by atoms with van der Waals surface area (Å²) in [6.45, 7) is 0. The molecule has 0 rings (SSSR count). The minimum absolute atomic E-state index is 0. The summed E-state index contributed by atoms with van der Waals surface area (Å²) in [5.74, 6) is -3.12. The largest absolute Gasteiger partial charge is 1.00 e. The predicted molar refractivity (Wildman–Crippen MR) is 17.9 cm³/mol. The molecule has 6 heteroatoms. The van der Waals surface area contributed by atoms with E-state index in [4.69, 9.17) is 8.76 Å². The molecule has 0 saturated carbocycles. The van der Waals surface area contributed by atoms with Gasteiger partial charge in [0.1, 0.15) is 0 Å². The zero-order valence-corrected chi connectivity index (χ0v) is 6.41. The summed E-state index contributed by atoms with van der Waals surface area (Å²) in [7, 11) is 0. The fraction of sp³-hybridized carbons (Fsp3) is 1.00. The van der Waals surface area contributed by atoms with Crippen molar-refractivity contribution >= 4 is 11.1 Å². The van der Waals surface area contributed by atoms with Crippen LogP contribution < -0.4 is 29.6 Å². The fourth-order valence-electron chi connectivity index (χ4n) is 0. The molecule has 40 valence electrons. The Morgan fingerprint density at radius 2 is 1.86 bits per heavy atom. The fourth-order valence-corrected chi connectivity index (χ4v) is 0. The number of alkyl halides is 2. The minimum Gasteiger partial charge on any atom is -1.00 e. The Kier molecular flexibility index (Phi) is 7.94. The van der Waals surface area contributed by atoms with Crippen LogP contribution in [0.2, 0.25) is 0 Å². The van der Waals surface area contributed by atoms with Crippen LogP contribution in [0.1, 0.15) is 1.43 Å². The summed E-state index contributed by atoms with van der Waals surface area (Å²) in [5.41, 5.74) is 0. The molecule has 0 amide bonds. The molecule has 0 aliphatic heterocycles. The molecule has 0 aliphatic carbocycles. The summed E-state index contributed by atoms with van der Waals surface area (Å²) in [5, 5.41) is 0. The van der Waals surface area contributed by atoms with Crippen LogP contribution in [0.25, 0.3) is 0 Å². The standard InChI is InChI=1S/CH2F2O2S.Na.H/c2-1(3)6(4)5;;/h1H,(H,4,5);;/q;+1;-1. The van der Waals surface area contributed by atoms with Crippen molar-refractivity contribution in [1.29, 1.82) is 0 Å². The molecule has 0 saturated heterocycles. The third-order valence-electron chi connectivity index (χ3n) is 0.152. The van der Waals surface area contributed by atoms with Crippen LogP contribution in [0.5, 0.6) is 0 Å². The average molecular weight is 140 g/mol. The zero-order chi connectivity index (χ0) is 5.15. The third kappa shape index (κ3) is 6.97.